The van der Waals surface area contributed by atoms with Gasteiger partial charge in [0.15, 0.2) is 5.76 Å². The number of anilines is 1. The molecule has 3 aromatic carbocycles. The highest BCUT2D eigenvalue weighted by atomic mass is 16.5. The number of benzene rings is 3. The summed E-state index contributed by atoms with van der Waals surface area (Å²) in [5, 5.41) is 6.39. The topological polar surface area (TPSA) is 80.6 Å². The summed E-state index contributed by atoms with van der Waals surface area (Å²) in [5.41, 5.74) is 2.24. The molecule has 1 heterocycles. The fraction of sp³-hybridized carbons (Fsp3) is 0.120. The number of rotatable bonds is 7. The maximum atomic E-state index is 13.1. The molecule has 0 atom stereocenters. The molecular formula is C25H22N2O4. The summed E-state index contributed by atoms with van der Waals surface area (Å²) in [4.78, 5) is 25.1. The molecule has 0 fully saturated rings. The molecule has 6 nitrogen and oxygen atoms in total. The average molecular weight is 414 g/mol. The third kappa shape index (κ3) is 4.59. The smallest absolute Gasteiger partial charge is 0.291 e. The van der Waals surface area contributed by atoms with Crippen LogP contribution < -0.4 is 15.4 Å². The van der Waals surface area contributed by atoms with Crippen molar-refractivity contribution in [3.05, 3.63) is 95.7 Å². The van der Waals surface area contributed by atoms with Gasteiger partial charge in [0.25, 0.3) is 11.8 Å². The van der Waals surface area contributed by atoms with Crippen molar-refractivity contribution in [3.63, 3.8) is 0 Å². The first-order valence-corrected chi connectivity index (χ1v) is 10.0. The zero-order valence-electron chi connectivity index (χ0n) is 17.1. The Morgan fingerprint density at radius 1 is 0.903 bits per heavy atom. The maximum Gasteiger partial charge on any atom is 0.291 e. The molecule has 6 heteroatoms. The summed E-state index contributed by atoms with van der Waals surface area (Å²) in [6.07, 6.45) is 0. The number of para-hydroxylation sites is 2. The van der Waals surface area contributed by atoms with Gasteiger partial charge in [0.2, 0.25) is 0 Å². The van der Waals surface area contributed by atoms with Crippen LogP contribution in [-0.4, -0.2) is 18.4 Å². The second-order valence-electron chi connectivity index (χ2n) is 6.90. The van der Waals surface area contributed by atoms with Crippen molar-refractivity contribution in [2.24, 2.45) is 0 Å². The molecule has 0 spiro atoms. The maximum absolute atomic E-state index is 13.1. The molecule has 4 aromatic rings. The fourth-order valence-electron chi connectivity index (χ4n) is 3.29. The Bertz CT molecular complexity index is 1210. The minimum Gasteiger partial charge on any atom is -0.489 e. The molecule has 4 rings (SSSR count). The molecule has 0 aliphatic rings. The van der Waals surface area contributed by atoms with Crippen LogP contribution in [0.4, 0.5) is 5.69 Å². The third-order valence-electron chi connectivity index (χ3n) is 4.75. The van der Waals surface area contributed by atoms with E-state index in [1.165, 1.54) is 0 Å². The molecule has 31 heavy (non-hydrogen) atoms. The van der Waals surface area contributed by atoms with Crippen LogP contribution in [0.1, 0.15) is 33.4 Å². The monoisotopic (exact) mass is 414 g/mol. The normalized spacial score (nSPS) is 10.6. The van der Waals surface area contributed by atoms with Gasteiger partial charge in [0.05, 0.1) is 0 Å². The molecule has 0 saturated carbocycles. The van der Waals surface area contributed by atoms with Gasteiger partial charge in [-0.25, -0.2) is 0 Å². The molecule has 156 valence electrons. The number of ether oxygens (including phenoxy) is 1. The van der Waals surface area contributed by atoms with E-state index >= 15 is 0 Å². The first-order chi connectivity index (χ1) is 15.2. The molecule has 0 aliphatic heterocycles. The Hall–Kier alpha value is -4.06. The van der Waals surface area contributed by atoms with Crippen molar-refractivity contribution in [2.45, 2.75) is 13.5 Å². The molecule has 0 saturated heterocycles. The van der Waals surface area contributed by atoms with E-state index < -0.39 is 5.91 Å². The van der Waals surface area contributed by atoms with Gasteiger partial charge < -0.3 is 19.8 Å². The largest absolute Gasteiger partial charge is 0.489 e. The first kappa shape index (κ1) is 20.2. The molecular weight excluding hydrogens is 392 g/mol. The molecule has 0 radical (unpaired) electrons. The van der Waals surface area contributed by atoms with Gasteiger partial charge in [-0.3, -0.25) is 9.59 Å². The average Bonchev–Trinajstić information content (AvgIpc) is 3.17. The quantitative estimate of drug-likeness (QED) is 0.445. The highest BCUT2D eigenvalue weighted by Crippen LogP contribution is 2.28. The summed E-state index contributed by atoms with van der Waals surface area (Å²) in [6.45, 7) is 2.56. The predicted molar refractivity (Wildman–Crippen MR) is 119 cm³/mol. The van der Waals surface area contributed by atoms with Crippen molar-refractivity contribution in [3.8, 4) is 5.75 Å². The second-order valence-corrected chi connectivity index (χ2v) is 6.90. The number of carbonyl (C=O) groups is 2. The van der Waals surface area contributed by atoms with Crippen LogP contribution in [0.15, 0.2) is 83.3 Å². The van der Waals surface area contributed by atoms with Crippen LogP contribution in [0.5, 0.6) is 5.75 Å². The van der Waals surface area contributed by atoms with Gasteiger partial charge in [-0.2, -0.15) is 0 Å². The minimum atomic E-state index is -0.407. The molecule has 2 N–H and O–H groups in total. The van der Waals surface area contributed by atoms with Crippen molar-refractivity contribution in [1.82, 2.24) is 5.32 Å². The van der Waals surface area contributed by atoms with Gasteiger partial charge in [0, 0.05) is 28.7 Å². The summed E-state index contributed by atoms with van der Waals surface area (Å²) in [7, 11) is 0. The van der Waals surface area contributed by atoms with Crippen LogP contribution in [-0.2, 0) is 6.61 Å². The number of furan rings is 1. The van der Waals surface area contributed by atoms with Gasteiger partial charge in [-0.1, -0.05) is 42.5 Å². The zero-order valence-corrected chi connectivity index (χ0v) is 17.1. The Morgan fingerprint density at radius 2 is 1.68 bits per heavy atom. The van der Waals surface area contributed by atoms with E-state index in [1.54, 1.807) is 24.3 Å². The Kier molecular flexibility index (Phi) is 5.98. The number of hydrogen-bond donors (Lipinski definition) is 2. The standard InChI is InChI=1S/C25H22N2O4/c1-2-26-24(28)17-9-8-10-18(15-17)27-25(29)23-21(16-30-19-11-4-3-5-12-19)20-13-6-7-14-22(20)31-23/h3-15H,2,16H2,1H3,(H,26,28)(H,27,29). The van der Waals surface area contributed by atoms with Crippen molar-refractivity contribution in [2.75, 3.05) is 11.9 Å². The predicted octanol–water partition coefficient (Wildman–Crippen LogP) is 5.01. The highest BCUT2D eigenvalue weighted by molar-refractivity contribution is 6.07. The van der Waals surface area contributed by atoms with Crippen molar-refractivity contribution >= 4 is 28.5 Å². The van der Waals surface area contributed by atoms with Gasteiger partial charge in [0.1, 0.15) is 17.9 Å². The molecule has 0 unspecified atom stereocenters. The second kappa shape index (κ2) is 9.17. The van der Waals surface area contributed by atoms with Crippen molar-refractivity contribution < 1.29 is 18.7 Å². The highest BCUT2D eigenvalue weighted by Gasteiger charge is 2.21. The van der Waals surface area contributed by atoms with E-state index in [2.05, 4.69) is 10.6 Å². The first-order valence-electron chi connectivity index (χ1n) is 10.0. The summed E-state index contributed by atoms with van der Waals surface area (Å²) >= 11 is 0. The van der Waals surface area contributed by atoms with E-state index in [0.717, 1.165) is 5.39 Å². The van der Waals surface area contributed by atoms with E-state index in [1.807, 2.05) is 61.5 Å². The number of carbonyl (C=O) groups excluding carboxylic acids is 2. The fourth-order valence-corrected chi connectivity index (χ4v) is 3.29. The number of hydrogen-bond acceptors (Lipinski definition) is 4. The number of amides is 2. The third-order valence-corrected chi connectivity index (χ3v) is 4.75. The van der Waals surface area contributed by atoms with Gasteiger partial charge in [-0.05, 0) is 43.3 Å². The summed E-state index contributed by atoms with van der Waals surface area (Å²) < 4.78 is 11.8. The lowest BCUT2D eigenvalue weighted by Gasteiger charge is -2.09. The van der Waals surface area contributed by atoms with E-state index in [9.17, 15) is 9.59 Å². The van der Waals surface area contributed by atoms with Crippen LogP contribution >= 0.6 is 0 Å². The van der Waals surface area contributed by atoms with E-state index in [0.29, 0.717) is 34.7 Å². The van der Waals surface area contributed by atoms with Gasteiger partial charge in [-0.15, -0.1) is 0 Å². The Labute approximate surface area is 179 Å². The Balaban J connectivity index is 1.60. The number of fused-ring (bicyclic) bond motifs is 1. The van der Waals surface area contributed by atoms with Crippen molar-refractivity contribution in [1.29, 1.82) is 0 Å². The SMILES string of the molecule is CCNC(=O)c1cccc(NC(=O)c2oc3ccccc3c2COc2ccccc2)c1. The van der Waals surface area contributed by atoms with Crippen LogP contribution in [0, 0.1) is 0 Å². The summed E-state index contributed by atoms with van der Waals surface area (Å²) in [5.74, 6) is 0.282. The summed E-state index contributed by atoms with van der Waals surface area (Å²) in [6, 6.07) is 23.6. The van der Waals surface area contributed by atoms with E-state index in [-0.39, 0.29) is 18.3 Å². The molecule has 0 bridgehead atoms. The molecule has 0 aliphatic carbocycles. The lowest BCUT2D eigenvalue weighted by atomic mass is 10.1. The lowest BCUT2D eigenvalue weighted by molar-refractivity contribution is 0.0953. The Morgan fingerprint density at radius 3 is 2.48 bits per heavy atom. The van der Waals surface area contributed by atoms with Crippen LogP contribution in [0.2, 0.25) is 0 Å². The lowest BCUT2D eigenvalue weighted by Crippen LogP contribution is -2.22. The molecule has 2 amide bonds. The zero-order chi connectivity index (χ0) is 21.6. The van der Waals surface area contributed by atoms with Crippen LogP contribution in [0.3, 0.4) is 0 Å². The van der Waals surface area contributed by atoms with E-state index in [4.69, 9.17) is 9.15 Å². The minimum absolute atomic E-state index is 0.181. The van der Waals surface area contributed by atoms with Gasteiger partial charge >= 0.3 is 0 Å². The molecule has 1 aromatic heterocycles. The number of nitrogens with one attached hydrogen (secondary N) is 2. The van der Waals surface area contributed by atoms with Crippen LogP contribution in [0.25, 0.3) is 11.0 Å².